The third-order valence-corrected chi connectivity index (χ3v) is 4.46. The van der Waals surface area contributed by atoms with Crippen LogP contribution in [0.5, 0.6) is 6.01 Å². The number of ether oxygens (including phenoxy) is 2. The largest absolute Gasteiger partial charge is 0.481 e. The molecule has 0 aliphatic heterocycles. The fourth-order valence-electron chi connectivity index (χ4n) is 3.05. The molecule has 1 aromatic heterocycles. The second kappa shape index (κ2) is 10.2. The number of aliphatic carboxylic acids is 1. The van der Waals surface area contributed by atoms with Crippen LogP contribution in [-0.4, -0.2) is 40.9 Å². The minimum Gasteiger partial charge on any atom is -0.481 e. The van der Waals surface area contributed by atoms with Crippen molar-refractivity contribution in [2.75, 3.05) is 19.0 Å². The molecular formula is C20H24F3N3O4. The van der Waals surface area contributed by atoms with Crippen molar-refractivity contribution in [1.29, 1.82) is 0 Å². The van der Waals surface area contributed by atoms with E-state index in [9.17, 15) is 18.0 Å². The Kier molecular flexibility index (Phi) is 7.99. The number of carbonyl (C=O) groups is 1. The summed E-state index contributed by atoms with van der Waals surface area (Å²) in [6, 6.07) is 4.47. The molecule has 30 heavy (non-hydrogen) atoms. The SMILES string of the molecule is CCOc1ncc(Nc2cc([C@@H](CC)CC(=O)O)ccc2[C@@H](OC)C(F)(F)F)cn1. The van der Waals surface area contributed by atoms with Gasteiger partial charge in [0.2, 0.25) is 0 Å². The number of anilines is 2. The predicted molar refractivity (Wildman–Crippen MR) is 104 cm³/mol. The third-order valence-electron chi connectivity index (χ3n) is 4.46. The second-order valence-corrected chi connectivity index (χ2v) is 6.52. The summed E-state index contributed by atoms with van der Waals surface area (Å²) in [5.41, 5.74) is 0.955. The molecule has 0 saturated heterocycles. The number of benzene rings is 1. The van der Waals surface area contributed by atoms with Crippen LogP contribution in [0.25, 0.3) is 0 Å². The van der Waals surface area contributed by atoms with E-state index in [4.69, 9.17) is 14.6 Å². The number of nitrogens with one attached hydrogen (secondary N) is 1. The summed E-state index contributed by atoms with van der Waals surface area (Å²) in [6.07, 6.45) is -3.62. The summed E-state index contributed by atoms with van der Waals surface area (Å²) in [5.74, 6) is -1.33. The number of methoxy groups -OCH3 is 1. The highest BCUT2D eigenvalue weighted by Crippen LogP contribution is 2.41. The number of carboxylic acids is 1. The smallest absolute Gasteiger partial charge is 0.418 e. The summed E-state index contributed by atoms with van der Waals surface area (Å²) in [7, 11) is 0.981. The number of rotatable bonds is 10. The van der Waals surface area contributed by atoms with Gasteiger partial charge in [-0.05, 0) is 30.9 Å². The summed E-state index contributed by atoms with van der Waals surface area (Å²) < 4.78 is 50.3. The first-order valence-electron chi connectivity index (χ1n) is 9.36. The lowest BCUT2D eigenvalue weighted by Crippen LogP contribution is -2.23. The highest BCUT2D eigenvalue weighted by atomic mass is 19.4. The van der Waals surface area contributed by atoms with Crippen LogP contribution in [0.4, 0.5) is 24.5 Å². The lowest BCUT2D eigenvalue weighted by Gasteiger charge is -2.24. The van der Waals surface area contributed by atoms with E-state index in [0.717, 1.165) is 7.11 Å². The molecule has 0 saturated carbocycles. The van der Waals surface area contributed by atoms with Gasteiger partial charge >= 0.3 is 18.2 Å². The van der Waals surface area contributed by atoms with Gasteiger partial charge in [0.25, 0.3) is 0 Å². The fourth-order valence-corrected chi connectivity index (χ4v) is 3.05. The predicted octanol–water partition coefficient (Wildman–Crippen LogP) is 4.84. The van der Waals surface area contributed by atoms with E-state index in [2.05, 4.69) is 15.3 Å². The molecule has 2 atom stereocenters. The lowest BCUT2D eigenvalue weighted by molar-refractivity contribution is -0.215. The number of carboxylic acid groups (broad SMARTS) is 1. The molecule has 1 heterocycles. The molecule has 0 bridgehead atoms. The van der Waals surface area contributed by atoms with E-state index >= 15 is 0 Å². The maximum Gasteiger partial charge on any atom is 0.418 e. The topological polar surface area (TPSA) is 93.6 Å². The van der Waals surface area contributed by atoms with Crippen LogP contribution in [0.15, 0.2) is 30.6 Å². The summed E-state index contributed by atoms with van der Waals surface area (Å²) in [4.78, 5) is 19.1. The minimum atomic E-state index is -4.63. The van der Waals surface area contributed by atoms with Crippen molar-refractivity contribution >= 4 is 17.3 Å². The van der Waals surface area contributed by atoms with Crippen molar-refractivity contribution in [2.24, 2.45) is 0 Å². The Morgan fingerprint density at radius 3 is 2.40 bits per heavy atom. The van der Waals surface area contributed by atoms with E-state index in [1.54, 1.807) is 6.92 Å². The Bertz CT molecular complexity index is 844. The van der Waals surface area contributed by atoms with Gasteiger partial charge < -0.3 is 19.9 Å². The third kappa shape index (κ3) is 6.06. The van der Waals surface area contributed by atoms with Crippen molar-refractivity contribution in [3.63, 3.8) is 0 Å². The van der Waals surface area contributed by atoms with Gasteiger partial charge in [-0.15, -0.1) is 0 Å². The minimum absolute atomic E-state index is 0.131. The molecule has 0 spiro atoms. The Morgan fingerprint density at radius 2 is 1.90 bits per heavy atom. The first-order chi connectivity index (χ1) is 14.2. The fraction of sp³-hybridized carbons (Fsp3) is 0.450. The average molecular weight is 427 g/mol. The Morgan fingerprint density at radius 1 is 1.23 bits per heavy atom. The van der Waals surface area contributed by atoms with Gasteiger partial charge in [0.1, 0.15) is 0 Å². The molecule has 10 heteroatoms. The van der Waals surface area contributed by atoms with Gasteiger partial charge in [-0.1, -0.05) is 19.1 Å². The van der Waals surface area contributed by atoms with Crippen molar-refractivity contribution in [3.8, 4) is 6.01 Å². The zero-order valence-corrected chi connectivity index (χ0v) is 16.9. The molecule has 0 amide bonds. The van der Waals surface area contributed by atoms with E-state index in [0.29, 0.717) is 24.3 Å². The molecule has 7 nitrogen and oxygen atoms in total. The number of hydrogen-bond donors (Lipinski definition) is 2. The molecule has 0 fully saturated rings. The zero-order valence-electron chi connectivity index (χ0n) is 16.9. The number of alkyl halides is 3. The standard InChI is InChI=1S/C20H24F3N3O4/c1-4-12(9-17(27)28)13-6-7-15(18(29-3)20(21,22)23)16(8-13)26-14-10-24-19(25-11-14)30-5-2/h6-8,10-12,18,26H,4-5,9H2,1-3H3,(H,27,28)/t12-,18+/m0/s1. The van der Waals surface area contributed by atoms with Crippen molar-refractivity contribution in [2.45, 2.75) is 44.9 Å². The second-order valence-electron chi connectivity index (χ2n) is 6.52. The van der Waals surface area contributed by atoms with Crippen LogP contribution in [0.2, 0.25) is 0 Å². The number of nitrogens with zero attached hydrogens (tertiary/aromatic N) is 2. The van der Waals surface area contributed by atoms with Crippen molar-refractivity contribution < 1.29 is 32.5 Å². The molecular weight excluding hydrogens is 403 g/mol. The van der Waals surface area contributed by atoms with E-state index < -0.39 is 18.2 Å². The van der Waals surface area contributed by atoms with Crippen LogP contribution >= 0.6 is 0 Å². The highest BCUT2D eigenvalue weighted by molar-refractivity contribution is 5.69. The maximum atomic E-state index is 13.5. The summed E-state index contributed by atoms with van der Waals surface area (Å²) in [6.45, 7) is 3.97. The molecule has 0 unspecified atom stereocenters. The average Bonchev–Trinajstić information content (AvgIpc) is 2.68. The first-order valence-corrected chi connectivity index (χ1v) is 9.36. The van der Waals surface area contributed by atoms with E-state index in [1.807, 2.05) is 6.92 Å². The van der Waals surface area contributed by atoms with Crippen LogP contribution in [0, 0.1) is 0 Å². The van der Waals surface area contributed by atoms with Gasteiger partial charge in [0.15, 0.2) is 6.10 Å². The first kappa shape index (κ1) is 23.4. The van der Waals surface area contributed by atoms with Gasteiger partial charge in [-0.25, -0.2) is 9.97 Å². The van der Waals surface area contributed by atoms with Crippen LogP contribution in [0.3, 0.4) is 0 Å². The Hall–Kier alpha value is -2.88. The Balaban J connectivity index is 2.47. The van der Waals surface area contributed by atoms with Gasteiger partial charge in [0, 0.05) is 18.4 Å². The highest BCUT2D eigenvalue weighted by Gasteiger charge is 2.42. The molecule has 2 aromatic rings. The van der Waals surface area contributed by atoms with Gasteiger partial charge in [-0.3, -0.25) is 4.79 Å². The molecule has 1 aromatic carbocycles. The monoisotopic (exact) mass is 427 g/mol. The quantitative estimate of drug-likeness (QED) is 0.560. The zero-order chi connectivity index (χ0) is 22.3. The maximum absolute atomic E-state index is 13.5. The van der Waals surface area contributed by atoms with Crippen molar-refractivity contribution in [1.82, 2.24) is 9.97 Å². The summed E-state index contributed by atoms with van der Waals surface area (Å²) in [5, 5.41) is 12.0. The van der Waals surface area contributed by atoms with E-state index in [-0.39, 0.29) is 29.6 Å². The Labute approximate surface area is 172 Å². The van der Waals surface area contributed by atoms with Crippen molar-refractivity contribution in [3.05, 3.63) is 41.7 Å². The van der Waals surface area contributed by atoms with E-state index in [1.165, 1.54) is 30.6 Å². The molecule has 0 aliphatic rings. The van der Waals surface area contributed by atoms with Crippen LogP contribution in [-0.2, 0) is 9.53 Å². The number of aromatic nitrogens is 2. The molecule has 164 valence electrons. The molecule has 0 radical (unpaired) electrons. The van der Waals surface area contributed by atoms with Crippen LogP contribution < -0.4 is 10.1 Å². The summed E-state index contributed by atoms with van der Waals surface area (Å²) >= 11 is 0. The van der Waals surface area contributed by atoms with Gasteiger partial charge in [-0.2, -0.15) is 13.2 Å². The number of hydrogen-bond acceptors (Lipinski definition) is 6. The molecule has 2 rings (SSSR count). The van der Waals surface area contributed by atoms with Gasteiger partial charge in [0.05, 0.1) is 31.1 Å². The normalized spacial score (nSPS) is 13.5. The number of halogens is 3. The van der Waals surface area contributed by atoms with Crippen LogP contribution in [0.1, 0.15) is 49.8 Å². The lowest BCUT2D eigenvalue weighted by atomic mass is 9.91. The molecule has 0 aliphatic carbocycles. The molecule has 2 N–H and O–H groups in total.